The molecular formula is C14H12Br2N4. The molecular weight excluding hydrogens is 384 g/mol. The Kier molecular flexibility index (Phi) is 4.92. The highest BCUT2D eigenvalue weighted by Gasteiger charge is 1.93. The molecule has 0 aliphatic carbocycles. The first-order chi connectivity index (χ1) is 9.56. The molecule has 1 heterocycles. The molecule has 1 aromatic heterocycles. The SMILES string of the molecule is Brc1ccc2nccnc2c1.Nc1ccc(Br)cc1N. The number of nitrogen functional groups attached to an aromatic ring is 2. The van der Waals surface area contributed by atoms with Crippen molar-refractivity contribution in [2.75, 3.05) is 11.5 Å². The number of anilines is 2. The molecule has 0 fully saturated rings. The second-order valence-electron chi connectivity index (χ2n) is 3.96. The Morgan fingerprint density at radius 2 is 1.30 bits per heavy atom. The van der Waals surface area contributed by atoms with Crippen LogP contribution in [0.3, 0.4) is 0 Å². The molecule has 6 heteroatoms. The van der Waals surface area contributed by atoms with Crippen LogP contribution in [0.2, 0.25) is 0 Å². The van der Waals surface area contributed by atoms with Crippen molar-refractivity contribution < 1.29 is 0 Å². The smallest absolute Gasteiger partial charge is 0.0898 e. The van der Waals surface area contributed by atoms with E-state index in [0.29, 0.717) is 11.4 Å². The van der Waals surface area contributed by atoms with E-state index in [0.717, 1.165) is 20.0 Å². The van der Waals surface area contributed by atoms with Gasteiger partial charge in [0.15, 0.2) is 0 Å². The Morgan fingerprint density at radius 1 is 0.700 bits per heavy atom. The summed E-state index contributed by atoms with van der Waals surface area (Å²) in [6.07, 6.45) is 3.38. The molecule has 0 amide bonds. The maximum atomic E-state index is 5.47. The average Bonchev–Trinajstić information content (AvgIpc) is 2.44. The number of nitrogens with zero attached hydrogens (tertiary/aromatic N) is 2. The maximum Gasteiger partial charge on any atom is 0.0898 e. The summed E-state index contributed by atoms with van der Waals surface area (Å²) in [5.41, 5.74) is 14.0. The van der Waals surface area contributed by atoms with E-state index in [-0.39, 0.29) is 0 Å². The minimum Gasteiger partial charge on any atom is -0.397 e. The van der Waals surface area contributed by atoms with Crippen LogP contribution in [0.15, 0.2) is 57.7 Å². The number of nitrogens with two attached hydrogens (primary N) is 2. The van der Waals surface area contributed by atoms with Gasteiger partial charge in [-0.2, -0.15) is 0 Å². The Labute approximate surface area is 133 Å². The Hall–Kier alpha value is -1.66. The third-order valence-electron chi connectivity index (χ3n) is 2.48. The number of aromatic nitrogens is 2. The number of rotatable bonds is 0. The lowest BCUT2D eigenvalue weighted by atomic mass is 10.3. The van der Waals surface area contributed by atoms with Crippen molar-refractivity contribution >= 4 is 54.3 Å². The van der Waals surface area contributed by atoms with Crippen molar-refractivity contribution in [3.63, 3.8) is 0 Å². The minimum atomic E-state index is 0.615. The van der Waals surface area contributed by atoms with Gasteiger partial charge in [-0.15, -0.1) is 0 Å². The van der Waals surface area contributed by atoms with Crippen LogP contribution in [0.1, 0.15) is 0 Å². The van der Waals surface area contributed by atoms with Crippen LogP contribution in [0, 0.1) is 0 Å². The number of hydrogen-bond acceptors (Lipinski definition) is 4. The van der Waals surface area contributed by atoms with Crippen molar-refractivity contribution in [2.24, 2.45) is 0 Å². The summed E-state index contributed by atoms with van der Waals surface area (Å²) in [6, 6.07) is 11.2. The van der Waals surface area contributed by atoms with Crippen LogP contribution in [-0.4, -0.2) is 9.97 Å². The predicted molar refractivity (Wildman–Crippen MR) is 90.2 cm³/mol. The molecule has 0 unspecified atom stereocenters. The average molecular weight is 396 g/mol. The van der Waals surface area contributed by atoms with Gasteiger partial charge in [0.05, 0.1) is 22.4 Å². The standard InChI is InChI=1S/C8H5BrN2.C6H7BrN2/c9-6-1-2-7-8(5-6)11-4-3-10-7;7-4-1-2-5(8)6(9)3-4/h1-5H;1-3H,8-9H2. The highest BCUT2D eigenvalue weighted by atomic mass is 79.9. The van der Waals surface area contributed by atoms with Crippen LogP contribution >= 0.6 is 31.9 Å². The number of fused-ring (bicyclic) bond motifs is 1. The van der Waals surface area contributed by atoms with Crippen LogP contribution in [-0.2, 0) is 0 Å². The zero-order valence-corrected chi connectivity index (χ0v) is 13.6. The fourth-order valence-electron chi connectivity index (χ4n) is 1.48. The van der Waals surface area contributed by atoms with Gasteiger partial charge in [0.1, 0.15) is 0 Å². The molecule has 3 aromatic rings. The third kappa shape index (κ3) is 3.91. The van der Waals surface area contributed by atoms with Crippen molar-refractivity contribution in [3.8, 4) is 0 Å². The van der Waals surface area contributed by atoms with Crippen LogP contribution in [0.25, 0.3) is 11.0 Å². The highest BCUT2D eigenvalue weighted by molar-refractivity contribution is 9.10. The van der Waals surface area contributed by atoms with Crippen LogP contribution in [0.5, 0.6) is 0 Å². The summed E-state index contributed by atoms with van der Waals surface area (Å²) < 4.78 is 1.99. The Balaban J connectivity index is 0.000000151. The van der Waals surface area contributed by atoms with E-state index >= 15 is 0 Å². The molecule has 0 spiro atoms. The van der Waals surface area contributed by atoms with Gasteiger partial charge in [-0.25, -0.2) is 0 Å². The maximum absolute atomic E-state index is 5.47. The normalized spacial score (nSPS) is 9.90. The predicted octanol–water partition coefficient (Wildman–Crippen LogP) is 4.01. The lowest BCUT2D eigenvalue weighted by molar-refractivity contribution is 1.29. The van der Waals surface area contributed by atoms with Crippen molar-refractivity contribution in [2.45, 2.75) is 0 Å². The van der Waals surface area contributed by atoms with E-state index in [4.69, 9.17) is 11.5 Å². The van der Waals surface area contributed by atoms with Crippen molar-refractivity contribution in [1.29, 1.82) is 0 Å². The molecule has 0 aliphatic heterocycles. The molecule has 2 aromatic carbocycles. The van der Waals surface area contributed by atoms with Gasteiger partial charge < -0.3 is 11.5 Å². The summed E-state index contributed by atoms with van der Waals surface area (Å²) >= 11 is 6.63. The van der Waals surface area contributed by atoms with Crippen LogP contribution in [0.4, 0.5) is 11.4 Å². The van der Waals surface area contributed by atoms with Crippen molar-refractivity contribution in [3.05, 3.63) is 57.7 Å². The van der Waals surface area contributed by atoms with E-state index in [1.54, 1.807) is 24.5 Å². The van der Waals surface area contributed by atoms with E-state index in [1.807, 2.05) is 24.3 Å². The molecule has 0 saturated heterocycles. The monoisotopic (exact) mass is 394 g/mol. The topological polar surface area (TPSA) is 77.8 Å². The minimum absolute atomic E-state index is 0.615. The fourth-order valence-corrected chi connectivity index (χ4v) is 2.21. The molecule has 4 nitrogen and oxygen atoms in total. The molecule has 0 bridgehead atoms. The Bertz CT molecular complexity index is 731. The zero-order valence-electron chi connectivity index (χ0n) is 10.4. The number of benzene rings is 2. The zero-order chi connectivity index (χ0) is 14.5. The molecule has 4 N–H and O–H groups in total. The van der Waals surface area contributed by atoms with E-state index in [2.05, 4.69) is 41.8 Å². The molecule has 0 atom stereocenters. The van der Waals surface area contributed by atoms with Gasteiger partial charge in [0, 0.05) is 21.3 Å². The fraction of sp³-hybridized carbons (Fsp3) is 0. The first-order valence-corrected chi connectivity index (χ1v) is 7.31. The summed E-state index contributed by atoms with van der Waals surface area (Å²) in [4.78, 5) is 8.29. The molecule has 0 radical (unpaired) electrons. The largest absolute Gasteiger partial charge is 0.397 e. The van der Waals surface area contributed by atoms with Crippen molar-refractivity contribution in [1.82, 2.24) is 9.97 Å². The molecule has 0 saturated carbocycles. The Morgan fingerprint density at radius 3 is 1.95 bits per heavy atom. The molecule has 0 aliphatic rings. The van der Waals surface area contributed by atoms with Gasteiger partial charge in [0.2, 0.25) is 0 Å². The lowest BCUT2D eigenvalue weighted by Crippen LogP contribution is -1.92. The summed E-state index contributed by atoms with van der Waals surface area (Å²) in [5, 5.41) is 0. The molecule has 20 heavy (non-hydrogen) atoms. The van der Waals surface area contributed by atoms with E-state index in [9.17, 15) is 0 Å². The van der Waals surface area contributed by atoms with E-state index in [1.165, 1.54) is 0 Å². The molecule has 3 rings (SSSR count). The van der Waals surface area contributed by atoms with Gasteiger partial charge in [0.25, 0.3) is 0 Å². The second-order valence-corrected chi connectivity index (χ2v) is 5.79. The molecule has 102 valence electrons. The summed E-state index contributed by atoms with van der Waals surface area (Å²) in [7, 11) is 0. The number of halogens is 2. The van der Waals surface area contributed by atoms with Gasteiger partial charge >= 0.3 is 0 Å². The van der Waals surface area contributed by atoms with Gasteiger partial charge in [-0.3, -0.25) is 9.97 Å². The first kappa shape index (κ1) is 14.7. The van der Waals surface area contributed by atoms with Gasteiger partial charge in [-0.1, -0.05) is 31.9 Å². The highest BCUT2D eigenvalue weighted by Crippen LogP contribution is 2.19. The first-order valence-electron chi connectivity index (χ1n) is 5.73. The quantitative estimate of drug-likeness (QED) is 0.563. The van der Waals surface area contributed by atoms with Crippen LogP contribution < -0.4 is 11.5 Å². The summed E-state index contributed by atoms with van der Waals surface area (Å²) in [6.45, 7) is 0. The summed E-state index contributed by atoms with van der Waals surface area (Å²) in [5.74, 6) is 0. The third-order valence-corrected chi connectivity index (χ3v) is 3.47. The number of hydrogen-bond donors (Lipinski definition) is 2. The van der Waals surface area contributed by atoms with E-state index < -0.39 is 0 Å². The second kappa shape index (κ2) is 6.67. The van der Waals surface area contributed by atoms with Gasteiger partial charge in [-0.05, 0) is 36.4 Å². The lowest BCUT2D eigenvalue weighted by Gasteiger charge is -1.97.